The van der Waals surface area contributed by atoms with Crippen LogP contribution in [0, 0.1) is 13.8 Å². The molecule has 1 amide bonds. The lowest BCUT2D eigenvalue weighted by molar-refractivity contribution is -0.115. The Kier molecular flexibility index (Phi) is 7.49. The van der Waals surface area contributed by atoms with Gasteiger partial charge in [0.1, 0.15) is 12.4 Å². The van der Waals surface area contributed by atoms with Gasteiger partial charge in [0.25, 0.3) is 5.91 Å². The maximum Gasteiger partial charge on any atom is 0.264 e. The van der Waals surface area contributed by atoms with Gasteiger partial charge in [0, 0.05) is 4.47 Å². The van der Waals surface area contributed by atoms with E-state index in [1.165, 1.54) is 11.8 Å². The second-order valence-electron chi connectivity index (χ2n) is 7.48. The Morgan fingerprint density at radius 3 is 2.39 bits per heavy atom. The lowest BCUT2D eigenvalue weighted by atomic mass is 10.1. The van der Waals surface area contributed by atoms with Crippen molar-refractivity contribution >= 4 is 73.7 Å². The van der Waals surface area contributed by atoms with Crippen molar-refractivity contribution in [3.05, 3.63) is 96.3 Å². The van der Waals surface area contributed by atoms with Crippen molar-refractivity contribution in [1.29, 1.82) is 0 Å². The summed E-state index contributed by atoms with van der Waals surface area (Å²) in [7, 11) is 0. The lowest BCUT2D eigenvalue weighted by Crippen LogP contribution is -2.19. The predicted octanol–water partition coefficient (Wildman–Crippen LogP) is 7.84. The average Bonchev–Trinajstić information content (AvgIpc) is 3.12. The first-order chi connectivity index (χ1) is 15.8. The summed E-state index contributed by atoms with van der Waals surface area (Å²) in [5.74, 6) is 0.555. The predicted molar refractivity (Wildman–Crippen MR) is 142 cm³/mol. The highest BCUT2D eigenvalue weighted by atomic mass is 79.9. The van der Waals surface area contributed by atoms with E-state index in [-0.39, 0.29) is 5.91 Å². The zero-order valence-electron chi connectivity index (χ0n) is 17.8. The minimum absolute atomic E-state index is 0.163. The molecule has 0 atom stereocenters. The van der Waals surface area contributed by atoms with E-state index < -0.39 is 0 Å². The van der Waals surface area contributed by atoms with E-state index in [1.807, 2.05) is 62.4 Å². The fourth-order valence-electron chi connectivity index (χ4n) is 3.19. The molecule has 1 N–H and O–H groups in total. The van der Waals surface area contributed by atoms with Crippen molar-refractivity contribution in [1.82, 2.24) is 5.32 Å². The minimum Gasteiger partial charge on any atom is -0.489 e. The second kappa shape index (κ2) is 10.3. The smallest absolute Gasteiger partial charge is 0.264 e. The number of halogens is 3. The first kappa shape index (κ1) is 23.9. The molecule has 0 spiro atoms. The van der Waals surface area contributed by atoms with Crippen LogP contribution in [0.2, 0.25) is 10.0 Å². The zero-order chi connectivity index (χ0) is 23.5. The van der Waals surface area contributed by atoms with Crippen molar-refractivity contribution in [2.45, 2.75) is 20.5 Å². The number of carbonyl (C=O) groups is 1. The summed E-state index contributed by atoms with van der Waals surface area (Å²) in [6.07, 6.45) is 1.84. The van der Waals surface area contributed by atoms with Gasteiger partial charge in [0.15, 0.2) is 5.17 Å². The maximum atomic E-state index is 12.4. The topological polar surface area (TPSA) is 50.7 Å². The van der Waals surface area contributed by atoms with Gasteiger partial charge in [-0.15, -0.1) is 0 Å². The monoisotopic (exact) mass is 560 g/mol. The molecule has 0 bridgehead atoms. The third-order valence-corrected chi connectivity index (χ3v) is 7.77. The molecule has 4 nitrogen and oxygen atoms in total. The summed E-state index contributed by atoms with van der Waals surface area (Å²) in [4.78, 5) is 17.6. The fourth-order valence-corrected chi connectivity index (χ4v) is 4.58. The summed E-state index contributed by atoms with van der Waals surface area (Å²) in [6, 6.07) is 16.9. The highest BCUT2D eigenvalue weighted by molar-refractivity contribution is 9.10. The number of hydrogen-bond acceptors (Lipinski definition) is 4. The Morgan fingerprint density at radius 1 is 1.03 bits per heavy atom. The summed E-state index contributed by atoms with van der Waals surface area (Å²) in [5, 5.41) is 4.41. The largest absolute Gasteiger partial charge is 0.489 e. The van der Waals surface area contributed by atoms with Crippen molar-refractivity contribution in [3.63, 3.8) is 0 Å². The molecule has 1 fully saturated rings. The van der Waals surface area contributed by atoms with Crippen LogP contribution in [0.4, 0.5) is 5.69 Å². The Labute approximate surface area is 215 Å². The van der Waals surface area contributed by atoms with Crippen molar-refractivity contribution < 1.29 is 9.53 Å². The number of thioether (sulfide) groups is 1. The van der Waals surface area contributed by atoms with E-state index in [1.54, 1.807) is 12.1 Å². The molecule has 1 heterocycles. The van der Waals surface area contributed by atoms with E-state index >= 15 is 0 Å². The quantitative estimate of drug-likeness (QED) is 0.323. The van der Waals surface area contributed by atoms with Crippen LogP contribution >= 0.6 is 50.9 Å². The summed E-state index contributed by atoms with van der Waals surface area (Å²) in [6.45, 7) is 4.42. The highest BCUT2D eigenvalue weighted by Gasteiger charge is 2.24. The molecule has 4 rings (SSSR count). The van der Waals surface area contributed by atoms with Crippen molar-refractivity contribution in [2.24, 2.45) is 4.99 Å². The van der Waals surface area contributed by atoms with E-state index in [0.717, 1.165) is 38.2 Å². The number of carbonyl (C=O) groups excluding carboxylic acids is 1. The van der Waals surface area contributed by atoms with Crippen LogP contribution in [0.5, 0.6) is 5.75 Å². The maximum absolute atomic E-state index is 12.4. The first-order valence-corrected chi connectivity index (χ1v) is 12.4. The van der Waals surface area contributed by atoms with Crippen LogP contribution in [-0.4, -0.2) is 11.1 Å². The standard InChI is InChI=1S/C25H19BrCl2N2O2S/c1-14-9-18(10-15(2)23(14)26)29-25-30-24(31)22(33-25)12-16-3-6-19(7-4-16)32-13-17-5-8-20(27)21(28)11-17/h3-12H,13H2,1-2H3,(H,29,30,31)/b22-12-. The molecule has 168 valence electrons. The number of nitrogens with zero attached hydrogens (tertiary/aromatic N) is 1. The molecule has 0 radical (unpaired) electrons. The zero-order valence-corrected chi connectivity index (χ0v) is 21.7. The summed E-state index contributed by atoms with van der Waals surface area (Å²) in [5.41, 5.74) is 4.83. The number of rotatable bonds is 5. The van der Waals surface area contributed by atoms with Gasteiger partial charge in [-0.2, -0.15) is 0 Å². The molecule has 3 aromatic carbocycles. The van der Waals surface area contributed by atoms with Gasteiger partial charge < -0.3 is 10.1 Å². The third-order valence-electron chi connectivity index (χ3n) is 4.87. The highest BCUT2D eigenvalue weighted by Crippen LogP contribution is 2.31. The van der Waals surface area contributed by atoms with Gasteiger partial charge in [-0.3, -0.25) is 4.79 Å². The molecule has 1 aliphatic rings. The molecule has 1 aliphatic heterocycles. The minimum atomic E-state index is -0.163. The van der Waals surface area contributed by atoms with Crippen LogP contribution in [0.15, 0.2) is 69.0 Å². The number of benzene rings is 3. The number of aliphatic imine (C=N–C) groups is 1. The number of amidine groups is 1. The number of amides is 1. The number of hydrogen-bond donors (Lipinski definition) is 1. The third kappa shape index (κ3) is 6.01. The molecule has 0 aliphatic carbocycles. The average molecular weight is 562 g/mol. The Balaban J connectivity index is 1.42. The molecule has 0 aromatic heterocycles. The second-order valence-corrected chi connectivity index (χ2v) is 10.1. The van der Waals surface area contributed by atoms with E-state index in [0.29, 0.717) is 26.7 Å². The van der Waals surface area contributed by atoms with Gasteiger partial charge in [0.05, 0.1) is 20.6 Å². The molecule has 3 aromatic rings. The normalized spacial score (nSPS) is 15.8. The van der Waals surface area contributed by atoms with Crippen LogP contribution in [0.3, 0.4) is 0 Å². The van der Waals surface area contributed by atoms with Crippen LogP contribution in [-0.2, 0) is 11.4 Å². The van der Waals surface area contributed by atoms with Crippen molar-refractivity contribution in [3.8, 4) is 5.75 Å². The Morgan fingerprint density at radius 2 is 1.73 bits per heavy atom. The molecule has 33 heavy (non-hydrogen) atoms. The molecule has 1 saturated heterocycles. The summed E-state index contributed by atoms with van der Waals surface area (Å²) < 4.78 is 6.88. The fraction of sp³-hybridized carbons (Fsp3) is 0.120. The van der Waals surface area contributed by atoms with Crippen LogP contribution < -0.4 is 10.1 Å². The van der Waals surface area contributed by atoms with Crippen LogP contribution in [0.1, 0.15) is 22.3 Å². The molecule has 8 heteroatoms. The van der Waals surface area contributed by atoms with Gasteiger partial charge in [-0.25, -0.2) is 4.99 Å². The number of aryl methyl sites for hydroxylation is 2. The van der Waals surface area contributed by atoms with Gasteiger partial charge in [-0.05, 0) is 90.3 Å². The van der Waals surface area contributed by atoms with Gasteiger partial charge in [-0.1, -0.05) is 57.3 Å². The number of ether oxygens (including phenoxy) is 1. The molecular weight excluding hydrogens is 543 g/mol. The van der Waals surface area contributed by atoms with Crippen LogP contribution in [0.25, 0.3) is 6.08 Å². The van der Waals surface area contributed by atoms with Crippen molar-refractivity contribution in [2.75, 3.05) is 0 Å². The molecule has 0 saturated carbocycles. The first-order valence-electron chi connectivity index (χ1n) is 10.0. The Hall–Kier alpha value is -2.25. The van der Waals surface area contributed by atoms with E-state index in [2.05, 4.69) is 26.2 Å². The van der Waals surface area contributed by atoms with E-state index in [4.69, 9.17) is 27.9 Å². The molecular formula is C25H19BrCl2N2O2S. The summed E-state index contributed by atoms with van der Waals surface area (Å²) >= 11 is 16.9. The Bertz CT molecular complexity index is 1270. The van der Waals surface area contributed by atoms with Gasteiger partial charge >= 0.3 is 0 Å². The lowest BCUT2D eigenvalue weighted by Gasteiger charge is -2.07. The number of nitrogens with one attached hydrogen (secondary N) is 1. The van der Waals surface area contributed by atoms with Gasteiger partial charge in [0.2, 0.25) is 0 Å². The van der Waals surface area contributed by atoms with E-state index in [9.17, 15) is 4.79 Å². The molecule has 0 unspecified atom stereocenters. The SMILES string of the molecule is Cc1cc(N=C2NC(=O)/C(=C/c3ccc(OCc4ccc(Cl)c(Cl)c4)cc3)S2)cc(C)c1Br.